The molecule has 1 amide bonds. The number of rotatable bonds is 4. The normalized spacial score (nSPS) is 16.3. The number of carbonyl (C=O) groups excluding carboxylic acids is 1. The summed E-state index contributed by atoms with van der Waals surface area (Å²) in [6, 6.07) is 7.53. The zero-order chi connectivity index (χ0) is 13.0. The molecule has 1 fully saturated rings. The Kier molecular flexibility index (Phi) is 5.63. The van der Waals surface area contributed by atoms with Crippen molar-refractivity contribution in [3.05, 3.63) is 24.3 Å². The molecule has 5 nitrogen and oxygen atoms in total. The average molecular weight is 284 g/mol. The quantitative estimate of drug-likeness (QED) is 0.725. The van der Waals surface area contributed by atoms with E-state index in [-0.39, 0.29) is 26.3 Å². The molecule has 1 saturated heterocycles. The molecule has 2 rings (SSSR count). The molecule has 0 unspecified atom stereocenters. The summed E-state index contributed by atoms with van der Waals surface area (Å²) >= 11 is 0. The second kappa shape index (κ2) is 6.99. The molecule has 0 aliphatic carbocycles. The Bertz CT molecular complexity index is 465. The summed E-state index contributed by atoms with van der Waals surface area (Å²) in [5, 5.41) is 0. The van der Waals surface area contributed by atoms with E-state index < -0.39 is 0 Å². The maximum absolute atomic E-state index is 10.9. The summed E-state index contributed by atoms with van der Waals surface area (Å²) in [7, 11) is 1.63. The second-order valence-electron chi connectivity index (χ2n) is 4.22. The summed E-state index contributed by atoms with van der Waals surface area (Å²) in [4.78, 5) is 17.4. The van der Waals surface area contributed by atoms with E-state index in [2.05, 4.69) is 4.99 Å². The van der Waals surface area contributed by atoms with Crippen LogP contribution in [-0.4, -0.2) is 36.8 Å². The van der Waals surface area contributed by atoms with Crippen LogP contribution in [0.2, 0.25) is 0 Å². The van der Waals surface area contributed by atoms with Gasteiger partial charge in [0.1, 0.15) is 11.6 Å². The zero-order valence-electron chi connectivity index (χ0n) is 11.8. The van der Waals surface area contributed by atoms with Gasteiger partial charge in [0, 0.05) is 13.0 Å². The van der Waals surface area contributed by atoms with Crippen LogP contribution < -0.4 is 22.9 Å². The van der Waals surface area contributed by atoms with E-state index in [0.717, 1.165) is 36.7 Å². The van der Waals surface area contributed by atoms with Crippen LogP contribution in [0.15, 0.2) is 29.3 Å². The maximum atomic E-state index is 10.9. The van der Waals surface area contributed by atoms with Crippen LogP contribution in [0.5, 0.6) is 5.75 Å². The highest BCUT2D eigenvalue weighted by Crippen LogP contribution is 2.21. The fourth-order valence-electron chi connectivity index (χ4n) is 2.01. The number of halogens is 1. The summed E-state index contributed by atoms with van der Waals surface area (Å²) in [6.07, 6.45) is 1.90. The van der Waals surface area contributed by atoms with Crippen molar-refractivity contribution in [2.24, 2.45) is 10.7 Å². The summed E-state index contributed by atoms with van der Waals surface area (Å²) in [5.74, 6) is 1.41. The number of nitrogens with two attached hydrogens (primary N) is 1. The van der Waals surface area contributed by atoms with Crippen LogP contribution in [0.25, 0.3) is 0 Å². The van der Waals surface area contributed by atoms with Gasteiger partial charge in [-0.1, -0.05) is 0 Å². The molecular weight excluding hydrogens is 266 g/mol. The highest BCUT2D eigenvalue weighted by Gasteiger charge is 2.19. The SMILES string of the molecule is COc1ccc(N=C2CCCN2CC(N)=O)cc1.[Cl-].[H+]. The summed E-state index contributed by atoms with van der Waals surface area (Å²) < 4.78 is 5.09. The Balaban J connectivity index is 0.00000180. The number of hydrogen-bond donors (Lipinski definition) is 1. The number of carbonyl (C=O) groups is 1. The molecule has 1 aliphatic heterocycles. The van der Waals surface area contributed by atoms with Gasteiger partial charge in [-0.3, -0.25) is 4.79 Å². The van der Waals surface area contributed by atoms with Crippen LogP contribution in [0, 0.1) is 0 Å². The summed E-state index contributed by atoms with van der Waals surface area (Å²) in [6.45, 7) is 1.09. The topological polar surface area (TPSA) is 67.9 Å². The van der Waals surface area contributed by atoms with E-state index in [1.54, 1.807) is 7.11 Å². The van der Waals surface area contributed by atoms with E-state index in [1.807, 2.05) is 29.2 Å². The number of amides is 1. The Morgan fingerprint density at radius 2 is 2.16 bits per heavy atom. The number of aliphatic imine (C=N–C) groups is 1. The Morgan fingerprint density at radius 1 is 1.47 bits per heavy atom. The molecule has 104 valence electrons. The van der Waals surface area contributed by atoms with E-state index in [4.69, 9.17) is 10.5 Å². The van der Waals surface area contributed by atoms with Gasteiger partial charge < -0.3 is 27.8 Å². The van der Waals surface area contributed by atoms with E-state index in [9.17, 15) is 4.79 Å². The monoisotopic (exact) mass is 283 g/mol. The molecule has 19 heavy (non-hydrogen) atoms. The Morgan fingerprint density at radius 3 is 2.74 bits per heavy atom. The van der Waals surface area contributed by atoms with E-state index in [1.165, 1.54) is 0 Å². The van der Waals surface area contributed by atoms with Gasteiger partial charge >= 0.3 is 1.43 Å². The molecule has 0 atom stereocenters. The third kappa shape index (κ3) is 4.13. The lowest BCUT2D eigenvalue weighted by atomic mass is 10.3. The summed E-state index contributed by atoms with van der Waals surface area (Å²) in [5.41, 5.74) is 6.08. The Hall–Kier alpha value is -1.75. The molecule has 1 aromatic rings. The first-order valence-electron chi connectivity index (χ1n) is 5.94. The lowest BCUT2D eigenvalue weighted by Crippen LogP contribution is -3.00. The van der Waals surface area contributed by atoms with Crippen molar-refractivity contribution < 1.29 is 23.4 Å². The highest BCUT2D eigenvalue weighted by molar-refractivity contribution is 5.90. The van der Waals surface area contributed by atoms with Gasteiger partial charge in [0.05, 0.1) is 19.3 Å². The van der Waals surface area contributed by atoms with Crippen molar-refractivity contribution in [3.8, 4) is 5.75 Å². The predicted octanol–water partition coefficient (Wildman–Crippen LogP) is -1.58. The molecule has 2 N–H and O–H groups in total. The molecular formula is C13H18ClN3O2. The van der Waals surface area contributed by atoms with Gasteiger partial charge in [0.15, 0.2) is 0 Å². The van der Waals surface area contributed by atoms with Gasteiger partial charge in [-0.05, 0) is 30.7 Å². The number of likely N-dealkylation sites (tertiary alicyclic amines) is 1. The average Bonchev–Trinajstić information content (AvgIpc) is 2.77. The first-order chi connectivity index (χ1) is 8.69. The van der Waals surface area contributed by atoms with Crippen molar-refractivity contribution >= 4 is 17.4 Å². The van der Waals surface area contributed by atoms with Gasteiger partial charge in [0.2, 0.25) is 5.91 Å². The lowest BCUT2D eigenvalue weighted by Gasteiger charge is -2.16. The van der Waals surface area contributed by atoms with Crippen molar-refractivity contribution in [1.29, 1.82) is 0 Å². The standard InChI is InChI=1S/C13H17N3O2.ClH/c1-18-11-6-4-10(5-7-11)15-13-3-2-8-16(13)9-12(14)17;/h4-7H,2-3,8-9H2,1H3,(H2,14,17);1H. The minimum Gasteiger partial charge on any atom is -1.00 e. The molecule has 0 radical (unpaired) electrons. The number of hydrogen-bond acceptors (Lipinski definition) is 3. The highest BCUT2D eigenvalue weighted by atomic mass is 35.5. The van der Waals surface area contributed by atoms with Crippen LogP contribution in [0.4, 0.5) is 5.69 Å². The van der Waals surface area contributed by atoms with Crippen LogP contribution in [-0.2, 0) is 4.79 Å². The number of amidine groups is 1. The van der Waals surface area contributed by atoms with Crippen LogP contribution >= 0.6 is 0 Å². The van der Waals surface area contributed by atoms with Gasteiger partial charge in [-0.25, -0.2) is 4.99 Å². The molecule has 1 heterocycles. The predicted molar refractivity (Wildman–Crippen MR) is 71.2 cm³/mol. The number of methoxy groups -OCH3 is 1. The maximum Gasteiger partial charge on any atom is 1.00 e. The number of ether oxygens (including phenoxy) is 1. The third-order valence-electron chi connectivity index (χ3n) is 2.87. The molecule has 1 aliphatic rings. The number of primary amides is 1. The zero-order valence-corrected chi connectivity index (χ0v) is 11.6. The Labute approximate surface area is 120 Å². The van der Waals surface area contributed by atoms with Crippen molar-refractivity contribution in [2.75, 3.05) is 20.2 Å². The fraction of sp³-hybridized carbons (Fsp3) is 0.385. The molecule has 0 spiro atoms. The van der Waals surface area contributed by atoms with Crippen molar-refractivity contribution in [3.63, 3.8) is 0 Å². The first-order valence-corrected chi connectivity index (χ1v) is 5.94. The molecule has 0 aromatic heterocycles. The van der Waals surface area contributed by atoms with Crippen LogP contribution in [0.1, 0.15) is 14.3 Å². The first kappa shape index (κ1) is 15.3. The lowest BCUT2D eigenvalue weighted by molar-refractivity contribution is -0.118. The van der Waals surface area contributed by atoms with Crippen LogP contribution in [0.3, 0.4) is 0 Å². The molecule has 1 aromatic carbocycles. The minimum atomic E-state index is -0.320. The van der Waals surface area contributed by atoms with Gasteiger partial charge in [-0.2, -0.15) is 0 Å². The minimum absolute atomic E-state index is 0. The molecule has 0 bridgehead atoms. The van der Waals surface area contributed by atoms with Crippen molar-refractivity contribution in [1.82, 2.24) is 4.90 Å². The molecule has 0 saturated carbocycles. The third-order valence-corrected chi connectivity index (χ3v) is 2.87. The van der Waals surface area contributed by atoms with Gasteiger partial charge in [0.25, 0.3) is 0 Å². The van der Waals surface area contributed by atoms with E-state index in [0.29, 0.717) is 0 Å². The smallest absolute Gasteiger partial charge is 1.00 e. The van der Waals surface area contributed by atoms with Gasteiger partial charge in [-0.15, -0.1) is 0 Å². The van der Waals surface area contributed by atoms with Crippen molar-refractivity contribution in [2.45, 2.75) is 12.8 Å². The van der Waals surface area contributed by atoms with E-state index >= 15 is 0 Å². The largest absolute Gasteiger partial charge is 1.00 e. The second-order valence-corrected chi connectivity index (χ2v) is 4.22. The molecule has 6 heteroatoms. The number of benzene rings is 1. The fourth-order valence-corrected chi connectivity index (χ4v) is 2.01. The number of nitrogens with zero attached hydrogens (tertiary/aromatic N) is 2.